The lowest BCUT2D eigenvalue weighted by Gasteiger charge is -2.15. The van der Waals surface area contributed by atoms with Gasteiger partial charge in [-0.3, -0.25) is 0 Å². The number of hydrogen-bond donors (Lipinski definition) is 2. The number of hydrogen-bond acceptors (Lipinski definition) is 3. The van der Waals surface area contributed by atoms with Crippen molar-refractivity contribution in [2.24, 2.45) is 5.16 Å². The van der Waals surface area contributed by atoms with Gasteiger partial charge in [0.05, 0.1) is 6.21 Å². The molecule has 3 heteroatoms. The first-order chi connectivity index (χ1) is 6.42. The topological polar surface area (TPSA) is 44.6 Å². The number of oxime groups is 1. The molecule has 1 aromatic carbocycles. The van der Waals surface area contributed by atoms with E-state index in [0.29, 0.717) is 0 Å². The molecule has 3 nitrogen and oxygen atoms in total. The largest absolute Gasteiger partial charge is 0.411 e. The second kappa shape index (κ2) is 3.31. The normalized spacial score (nSPS) is 14.9. The highest BCUT2D eigenvalue weighted by molar-refractivity contribution is 6.12. The molecule has 0 unspecified atom stereocenters. The predicted octanol–water partition coefficient (Wildman–Crippen LogP) is 1.96. The van der Waals surface area contributed by atoms with Crippen molar-refractivity contribution in [1.82, 2.24) is 0 Å². The van der Waals surface area contributed by atoms with Crippen LogP contribution in [0.1, 0.15) is 5.56 Å². The Labute approximate surface area is 76.4 Å². The number of allylic oxidation sites excluding steroid dienone is 1. The van der Waals surface area contributed by atoms with Crippen molar-refractivity contribution >= 4 is 17.5 Å². The summed E-state index contributed by atoms with van der Waals surface area (Å²) >= 11 is 0. The van der Waals surface area contributed by atoms with Gasteiger partial charge in [-0.1, -0.05) is 29.4 Å². The second-order valence-corrected chi connectivity index (χ2v) is 2.83. The van der Waals surface area contributed by atoms with Crippen molar-refractivity contribution in [2.75, 3.05) is 11.9 Å². The molecule has 0 spiro atoms. The highest BCUT2D eigenvalue weighted by Gasteiger charge is 2.08. The molecule has 2 rings (SSSR count). The number of rotatable bonds is 1. The molecule has 66 valence electrons. The number of fused-ring (bicyclic) bond motifs is 1. The first-order valence-corrected chi connectivity index (χ1v) is 4.12. The molecule has 0 radical (unpaired) electrons. The van der Waals surface area contributed by atoms with Crippen LogP contribution in [0.2, 0.25) is 0 Å². The van der Waals surface area contributed by atoms with Gasteiger partial charge in [-0.2, -0.15) is 0 Å². The Bertz CT molecular complexity index is 369. The van der Waals surface area contributed by atoms with Gasteiger partial charge in [0.2, 0.25) is 0 Å². The number of nitrogens with zero attached hydrogens (tertiary/aromatic N) is 1. The first-order valence-electron chi connectivity index (χ1n) is 4.12. The summed E-state index contributed by atoms with van der Waals surface area (Å²) in [5, 5.41) is 14.7. The Balaban J connectivity index is 2.47. The molecular weight excluding hydrogens is 164 g/mol. The second-order valence-electron chi connectivity index (χ2n) is 2.83. The van der Waals surface area contributed by atoms with Crippen LogP contribution in [0.3, 0.4) is 0 Å². The van der Waals surface area contributed by atoms with Gasteiger partial charge >= 0.3 is 0 Å². The van der Waals surface area contributed by atoms with Crippen LogP contribution in [0.25, 0.3) is 5.57 Å². The van der Waals surface area contributed by atoms with Crippen molar-refractivity contribution in [3.63, 3.8) is 0 Å². The van der Waals surface area contributed by atoms with Crippen molar-refractivity contribution in [3.05, 3.63) is 35.9 Å². The molecule has 0 saturated carbocycles. The SMILES string of the molecule is O/N=C\C1=CCNc2ccccc21. The minimum atomic E-state index is 0.776. The van der Waals surface area contributed by atoms with E-state index in [-0.39, 0.29) is 0 Å². The van der Waals surface area contributed by atoms with E-state index in [0.717, 1.165) is 23.4 Å². The van der Waals surface area contributed by atoms with Crippen molar-refractivity contribution in [2.45, 2.75) is 0 Å². The minimum Gasteiger partial charge on any atom is -0.411 e. The average molecular weight is 174 g/mol. The zero-order valence-corrected chi connectivity index (χ0v) is 7.07. The summed E-state index contributed by atoms with van der Waals surface area (Å²) in [4.78, 5) is 0. The molecule has 0 saturated heterocycles. The summed E-state index contributed by atoms with van der Waals surface area (Å²) < 4.78 is 0. The summed E-state index contributed by atoms with van der Waals surface area (Å²) in [6.07, 6.45) is 3.45. The molecule has 1 aromatic rings. The summed E-state index contributed by atoms with van der Waals surface area (Å²) in [6, 6.07) is 7.94. The molecule has 0 fully saturated rings. The molecule has 0 atom stereocenters. The van der Waals surface area contributed by atoms with Crippen molar-refractivity contribution in [1.29, 1.82) is 0 Å². The summed E-state index contributed by atoms with van der Waals surface area (Å²) in [5.74, 6) is 0. The Morgan fingerprint density at radius 2 is 2.23 bits per heavy atom. The molecule has 0 aromatic heterocycles. The van der Waals surface area contributed by atoms with Gasteiger partial charge in [0.25, 0.3) is 0 Å². The highest BCUT2D eigenvalue weighted by Crippen LogP contribution is 2.25. The number of nitrogens with one attached hydrogen (secondary N) is 1. The lowest BCUT2D eigenvalue weighted by Crippen LogP contribution is -2.08. The fourth-order valence-electron chi connectivity index (χ4n) is 1.45. The zero-order valence-electron chi connectivity index (χ0n) is 7.07. The quantitative estimate of drug-likeness (QED) is 0.388. The number of para-hydroxylation sites is 1. The van der Waals surface area contributed by atoms with E-state index in [9.17, 15) is 0 Å². The minimum absolute atomic E-state index is 0.776. The maximum absolute atomic E-state index is 8.45. The third kappa shape index (κ3) is 1.40. The Morgan fingerprint density at radius 1 is 1.38 bits per heavy atom. The van der Waals surface area contributed by atoms with Crippen LogP contribution >= 0.6 is 0 Å². The lowest BCUT2D eigenvalue weighted by molar-refractivity contribution is 0.322. The Kier molecular flexibility index (Phi) is 2.00. The molecule has 2 N–H and O–H groups in total. The van der Waals surface area contributed by atoms with Gasteiger partial charge in [0, 0.05) is 23.4 Å². The molecule has 1 aliphatic rings. The molecule has 13 heavy (non-hydrogen) atoms. The first kappa shape index (κ1) is 7.86. The van der Waals surface area contributed by atoms with Crippen molar-refractivity contribution < 1.29 is 5.21 Å². The van der Waals surface area contributed by atoms with Crippen LogP contribution in [0, 0.1) is 0 Å². The van der Waals surface area contributed by atoms with Gasteiger partial charge in [0.1, 0.15) is 0 Å². The van der Waals surface area contributed by atoms with Crippen LogP contribution in [-0.4, -0.2) is 18.0 Å². The summed E-state index contributed by atoms with van der Waals surface area (Å²) in [6.45, 7) is 0.776. The smallest absolute Gasteiger partial charge is 0.0738 e. The fourth-order valence-corrected chi connectivity index (χ4v) is 1.45. The fraction of sp³-hybridized carbons (Fsp3) is 0.100. The van der Waals surface area contributed by atoms with Crippen LogP contribution < -0.4 is 5.32 Å². The van der Waals surface area contributed by atoms with E-state index < -0.39 is 0 Å². The highest BCUT2D eigenvalue weighted by atomic mass is 16.4. The van der Waals surface area contributed by atoms with Crippen LogP contribution in [-0.2, 0) is 0 Å². The average Bonchev–Trinajstić information content (AvgIpc) is 2.19. The molecular formula is C10H10N2O. The molecule has 0 bridgehead atoms. The molecule has 1 aliphatic heterocycles. The van der Waals surface area contributed by atoms with Crippen LogP contribution in [0.5, 0.6) is 0 Å². The third-order valence-corrected chi connectivity index (χ3v) is 2.05. The van der Waals surface area contributed by atoms with E-state index in [1.807, 2.05) is 30.3 Å². The predicted molar refractivity (Wildman–Crippen MR) is 53.2 cm³/mol. The zero-order chi connectivity index (χ0) is 9.10. The lowest BCUT2D eigenvalue weighted by atomic mass is 10.0. The molecule has 0 aliphatic carbocycles. The van der Waals surface area contributed by atoms with E-state index >= 15 is 0 Å². The van der Waals surface area contributed by atoms with Gasteiger partial charge in [-0.05, 0) is 6.07 Å². The Morgan fingerprint density at radius 3 is 3.08 bits per heavy atom. The Hall–Kier alpha value is -1.77. The number of benzene rings is 1. The van der Waals surface area contributed by atoms with Gasteiger partial charge < -0.3 is 10.5 Å². The monoisotopic (exact) mass is 174 g/mol. The van der Waals surface area contributed by atoms with Gasteiger partial charge in [0.15, 0.2) is 0 Å². The maximum Gasteiger partial charge on any atom is 0.0738 e. The van der Waals surface area contributed by atoms with E-state index in [2.05, 4.69) is 10.5 Å². The van der Waals surface area contributed by atoms with E-state index in [4.69, 9.17) is 5.21 Å². The maximum atomic E-state index is 8.45. The third-order valence-electron chi connectivity index (χ3n) is 2.05. The van der Waals surface area contributed by atoms with E-state index in [1.54, 1.807) is 0 Å². The molecule has 0 amide bonds. The summed E-state index contributed by atoms with van der Waals surface area (Å²) in [7, 11) is 0. The van der Waals surface area contributed by atoms with Crippen LogP contribution in [0.4, 0.5) is 5.69 Å². The number of anilines is 1. The van der Waals surface area contributed by atoms with Gasteiger partial charge in [-0.25, -0.2) is 0 Å². The van der Waals surface area contributed by atoms with Gasteiger partial charge in [-0.15, -0.1) is 0 Å². The van der Waals surface area contributed by atoms with Crippen molar-refractivity contribution in [3.8, 4) is 0 Å². The molecule has 1 heterocycles. The van der Waals surface area contributed by atoms with Crippen LogP contribution in [0.15, 0.2) is 35.5 Å². The van der Waals surface area contributed by atoms with E-state index in [1.165, 1.54) is 6.21 Å². The summed E-state index contributed by atoms with van der Waals surface area (Å²) in [5.41, 5.74) is 3.11. The standard InChI is InChI=1S/C10H10N2O/c13-12-7-8-5-6-11-10-4-2-1-3-9(8)10/h1-5,7,11,13H,6H2/b12-7-.